The third-order valence-corrected chi connectivity index (χ3v) is 6.68. The predicted molar refractivity (Wildman–Crippen MR) is 143 cm³/mol. The standard InChI is InChI=1S/C29H39N3O5/c1-4-5-6-7-8-9-16-37-24-12-10-22(11-13-24)25(18-27(34)36-3)28-26(33)17-21(2)32(29(28)35)15-14-23-19-30-20-31-23/h10-13,17,19-20,25,33H,4-9,14-16,18H2,1-3H3,(H,30,31)/t25-/m1/s1. The number of aromatic amines is 1. The Kier molecular flexibility index (Phi) is 10.8. The normalized spacial score (nSPS) is 11.9. The average molecular weight is 510 g/mol. The largest absolute Gasteiger partial charge is 0.507 e. The number of aryl methyl sites for hydroxylation is 2. The number of nitrogens with one attached hydrogen (secondary N) is 1. The Labute approximate surface area is 218 Å². The molecule has 0 radical (unpaired) electrons. The maximum atomic E-state index is 13.6. The molecule has 0 aliphatic heterocycles. The SMILES string of the molecule is CCCCCCCCOc1ccc([C@@H](CC(=O)OC)c2c(O)cc(C)n(CCc3cnc[nH]3)c2=O)cc1. The molecule has 8 nitrogen and oxygen atoms in total. The number of methoxy groups -OCH3 is 1. The number of aromatic nitrogens is 3. The lowest BCUT2D eigenvalue weighted by molar-refractivity contribution is -0.140. The lowest BCUT2D eigenvalue weighted by Gasteiger charge is -2.21. The summed E-state index contributed by atoms with van der Waals surface area (Å²) in [6.45, 7) is 5.05. The number of H-pyrrole nitrogens is 1. The Morgan fingerprint density at radius 2 is 1.86 bits per heavy atom. The molecule has 3 aromatic rings. The molecule has 200 valence electrons. The van der Waals surface area contributed by atoms with Crippen molar-refractivity contribution in [1.82, 2.24) is 14.5 Å². The first kappa shape index (κ1) is 28.0. The molecule has 0 aliphatic carbocycles. The van der Waals surface area contributed by atoms with Crippen LogP contribution in [0.15, 0.2) is 47.7 Å². The fourth-order valence-corrected chi connectivity index (χ4v) is 4.53. The van der Waals surface area contributed by atoms with Gasteiger partial charge in [-0.15, -0.1) is 0 Å². The Hall–Kier alpha value is -3.55. The Bertz CT molecular complexity index is 1170. The molecule has 1 atom stereocenters. The fourth-order valence-electron chi connectivity index (χ4n) is 4.53. The molecule has 0 aliphatic rings. The minimum absolute atomic E-state index is 0.0686. The van der Waals surface area contributed by atoms with Gasteiger partial charge >= 0.3 is 5.97 Å². The van der Waals surface area contributed by atoms with Gasteiger partial charge in [-0.25, -0.2) is 4.98 Å². The molecule has 0 unspecified atom stereocenters. The third-order valence-electron chi connectivity index (χ3n) is 6.68. The fraction of sp³-hybridized carbons (Fsp3) is 0.483. The van der Waals surface area contributed by atoms with E-state index in [1.165, 1.54) is 32.8 Å². The van der Waals surface area contributed by atoms with Gasteiger partial charge in [-0.3, -0.25) is 9.59 Å². The highest BCUT2D eigenvalue weighted by atomic mass is 16.5. The van der Waals surface area contributed by atoms with E-state index >= 15 is 0 Å². The Morgan fingerprint density at radius 3 is 2.54 bits per heavy atom. The van der Waals surface area contributed by atoms with Crippen LogP contribution in [-0.2, 0) is 22.5 Å². The Balaban J connectivity index is 1.79. The van der Waals surface area contributed by atoms with Gasteiger partial charge in [0.15, 0.2) is 0 Å². The molecule has 8 heteroatoms. The number of ether oxygens (including phenoxy) is 2. The topological polar surface area (TPSA) is 106 Å². The van der Waals surface area contributed by atoms with Crippen LogP contribution in [-0.4, -0.2) is 39.3 Å². The highest BCUT2D eigenvalue weighted by Gasteiger charge is 2.26. The molecule has 2 aromatic heterocycles. The van der Waals surface area contributed by atoms with Crippen LogP contribution in [0.4, 0.5) is 0 Å². The number of imidazole rings is 1. The van der Waals surface area contributed by atoms with E-state index in [9.17, 15) is 14.7 Å². The van der Waals surface area contributed by atoms with Gasteiger partial charge in [0, 0.05) is 36.5 Å². The van der Waals surface area contributed by atoms with Crippen LogP contribution in [0.2, 0.25) is 0 Å². The summed E-state index contributed by atoms with van der Waals surface area (Å²) in [5.74, 6) is -0.514. The number of aromatic hydroxyl groups is 1. The van der Waals surface area contributed by atoms with Gasteiger partial charge in [-0.2, -0.15) is 0 Å². The van der Waals surface area contributed by atoms with Crippen molar-refractivity contribution in [3.05, 3.63) is 75.7 Å². The Morgan fingerprint density at radius 1 is 1.14 bits per heavy atom. The van der Waals surface area contributed by atoms with Crippen molar-refractivity contribution in [3.63, 3.8) is 0 Å². The smallest absolute Gasteiger partial charge is 0.306 e. The number of hydrogen-bond acceptors (Lipinski definition) is 6. The van der Waals surface area contributed by atoms with Crippen molar-refractivity contribution < 1.29 is 19.4 Å². The zero-order valence-corrected chi connectivity index (χ0v) is 22.2. The van der Waals surface area contributed by atoms with E-state index in [2.05, 4.69) is 16.9 Å². The number of carbonyl (C=O) groups excluding carboxylic acids is 1. The maximum absolute atomic E-state index is 13.6. The van der Waals surface area contributed by atoms with Crippen molar-refractivity contribution >= 4 is 5.97 Å². The second-order valence-electron chi connectivity index (χ2n) is 9.39. The zero-order chi connectivity index (χ0) is 26.6. The van der Waals surface area contributed by atoms with Crippen molar-refractivity contribution in [2.45, 2.75) is 77.7 Å². The van der Waals surface area contributed by atoms with Crippen LogP contribution in [0.3, 0.4) is 0 Å². The van der Waals surface area contributed by atoms with Crippen LogP contribution < -0.4 is 10.3 Å². The predicted octanol–water partition coefficient (Wildman–Crippen LogP) is 5.26. The molecule has 2 N–H and O–H groups in total. The number of nitrogens with zero attached hydrogens (tertiary/aromatic N) is 2. The number of pyridine rings is 1. The highest BCUT2D eigenvalue weighted by Crippen LogP contribution is 2.33. The quantitative estimate of drug-likeness (QED) is 0.214. The van der Waals surface area contributed by atoms with E-state index in [4.69, 9.17) is 9.47 Å². The number of benzene rings is 1. The van der Waals surface area contributed by atoms with Crippen LogP contribution >= 0.6 is 0 Å². The number of rotatable bonds is 15. The van der Waals surface area contributed by atoms with Crippen LogP contribution in [0.25, 0.3) is 0 Å². The van der Waals surface area contributed by atoms with E-state index in [-0.39, 0.29) is 23.3 Å². The molecule has 3 rings (SSSR count). The van der Waals surface area contributed by atoms with Gasteiger partial charge in [0.25, 0.3) is 5.56 Å². The van der Waals surface area contributed by atoms with Gasteiger partial charge in [-0.05, 0) is 37.1 Å². The molecule has 2 heterocycles. The average Bonchev–Trinajstić information content (AvgIpc) is 3.41. The summed E-state index contributed by atoms with van der Waals surface area (Å²) >= 11 is 0. The summed E-state index contributed by atoms with van der Waals surface area (Å²) < 4.78 is 12.4. The van der Waals surface area contributed by atoms with Crippen molar-refractivity contribution in [3.8, 4) is 11.5 Å². The molecule has 0 spiro atoms. The number of carbonyl (C=O) groups is 1. The van der Waals surface area contributed by atoms with E-state index in [1.54, 1.807) is 30.1 Å². The van der Waals surface area contributed by atoms with Gasteiger partial charge in [0.2, 0.25) is 0 Å². The van der Waals surface area contributed by atoms with E-state index < -0.39 is 11.9 Å². The first-order valence-electron chi connectivity index (χ1n) is 13.1. The summed E-state index contributed by atoms with van der Waals surface area (Å²) in [6, 6.07) is 8.96. The van der Waals surface area contributed by atoms with Gasteiger partial charge in [-0.1, -0.05) is 51.2 Å². The highest BCUT2D eigenvalue weighted by molar-refractivity contribution is 5.71. The first-order chi connectivity index (χ1) is 17.9. The number of hydrogen-bond donors (Lipinski definition) is 2. The molecular formula is C29H39N3O5. The van der Waals surface area contributed by atoms with Gasteiger partial charge < -0.3 is 24.1 Å². The third kappa shape index (κ3) is 7.97. The molecule has 0 fully saturated rings. The number of unbranched alkanes of at least 4 members (excludes halogenated alkanes) is 5. The maximum Gasteiger partial charge on any atom is 0.306 e. The molecule has 1 aromatic carbocycles. The van der Waals surface area contributed by atoms with Crippen molar-refractivity contribution in [2.75, 3.05) is 13.7 Å². The lowest BCUT2D eigenvalue weighted by Crippen LogP contribution is -2.29. The summed E-state index contributed by atoms with van der Waals surface area (Å²) in [4.78, 5) is 33.0. The van der Waals surface area contributed by atoms with Crippen LogP contribution in [0.5, 0.6) is 11.5 Å². The van der Waals surface area contributed by atoms with E-state index in [1.807, 2.05) is 24.3 Å². The number of esters is 1. The minimum atomic E-state index is -0.661. The van der Waals surface area contributed by atoms with Crippen LogP contribution in [0, 0.1) is 6.92 Å². The lowest BCUT2D eigenvalue weighted by atomic mass is 9.88. The van der Waals surface area contributed by atoms with Gasteiger partial charge in [0.05, 0.1) is 32.0 Å². The summed E-state index contributed by atoms with van der Waals surface area (Å²) in [5.41, 5.74) is 2.13. The molecule has 0 saturated heterocycles. The summed E-state index contributed by atoms with van der Waals surface area (Å²) in [6.07, 6.45) is 11.0. The summed E-state index contributed by atoms with van der Waals surface area (Å²) in [5, 5.41) is 10.8. The second-order valence-corrected chi connectivity index (χ2v) is 9.39. The minimum Gasteiger partial charge on any atom is -0.507 e. The van der Waals surface area contributed by atoms with E-state index in [0.717, 1.165) is 29.8 Å². The monoisotopic (exact) mass is 509 g/mol. The van der Waals surface area contributed by atoms with Gasteiger partial charge in [0.1, 0.15) is 11.5 Å². The second kappa shape index (κ2) is 14.3. The van der Waals surface area contributed by atoms with Crippen molar-refractivity contribution in [1.29, 1.82) is 0 Å². The van der Waals surface area contributed by atoms with E-state index in [0.29, 0.717) is 25.3 Å². The van der Waals surface area contributed by atoms with Crippen molar-refractivity contribution in [2.24, 2.45) is 0 Å². The molecular weight excluding hydrogens is 470 g/mol. The molecule has 0 amide bonds. The summed E-state index contributed by atoms with van der Waals surface area (Å²) in [7, 11) is 1.32. The first-order valence-corrected chi connectivity index (χ1v) is 13.1. The molecule has 0 bridgehead atoms. The molecule has 0 saturated carbocycles. The zero-order valence-electron chi connectivity index (χ0n) is 22.2. The molecule has 37 heavy (non-hydrogen) atoms. The van der Waals surface area contributed by atoms with Crippen LogP contribution in [0.1, 0.15) is 80.3 Å².